The molecule has 0 spiro atoms. The highest BCUT2D eigenvalue weighted by molar-refractivity contribution is 5.55. The molecular weight excluding hydrogens is 205 g/mol. The van der Waals surface area contributed by atoms with Gasteiger partial charge in [-0.25, -0.2) is 4.39 Å². The van der Waals surface area contributed by atoms with Gasteiger partial charge in [-0.05, 0) is 19.9 Å². The minimum atomic E-state index is -0.682. The van der Waals surface area contributed by atoms with Gasteiger partial charge in [0.15, 0.2) is 0 Å². The lowest BCUT2D eigenvalue weighted by molar-refractivity contribution is 0.199. The first-order chi connectivity index (χ1) is 7.43. The third kappa shape index (κ3) is 2.83. The first kappa shape index (κ1) is 12.7. The molecule has 0 fully saturated rings. The second-order valence-corrected chi connectivity index (χ2v) is 4.17. The van der Waals surface area contributed by atoms with Crippen molar-refractivity contribution in [3.63, 3.8) is 0 Å². The highest BCUT2D eigenvalue weighted by Crippen LogP contribution is 2.28. The van der Waals surface area contributed by atoms with Gasteiger partial charge in [0.05, 0.1) is 11.8 Å². The molecule has 0 amide bonds. The lowest BCUT2D eigenvalue weighted by Gasteiger charge is -2.24. The van der Waals surface area contributed by atoms with Crippen LogP contribution in [0, 0.1) is 5.82 Å². The third-order valence-electron chi connectivity index (χ3n) is 2.36. The van der Waals surface area contributed by atoms with Gasteiger partial charge in [-0.2, -0.15) is 0 Å². The number of nitrogens with zero attached hydrogens (tertiary/aromatic N) is 1. The summed E-state index contributed by atoms with van der Waals surface area (Å²) in [5.41, 5.74) is 1.99. The number of aliphatic hydroxyl groups excluding tert-OH is 1. The monoisotopic (exact) mass is 223 g/mol. The number of rotatable bonds is 4. The number of likely N-dealkylation sites (N-methyl/N-ethyl adjacent to an activating group) is 1. The summed E-state index contributed by atoms with van der Waals surface area (Å²) in [5.74, 6) is -0.317. The van der Waals surface area contributed by atoms with E-state index in [1.54, 1.807) is 31.0 Å². The van der Waals surface area contributed by atoms with Crippen LogP contribution in [0.15, 0.2) is 30.4 Å². The van der Waals surface area contributed by atoms with Gasteiger partial charge in [-0.3, -0.25) is 0 Å². The molecule has 0 aliphatic carbocycles. The normalized spacial score (nSPS) is 12.3. The summed E-state index contributed by atoms with van der Waals surface area (Å²) in [6.07, 6.45) is -0.682. The van der Waals surface area contributed by atoms with E-state index in [-0.39, 0.29) is 5.82 Å². The van der Waals surface area contributed by atoms with Crippen LogP contribution in [0.2, 0.25) is 0 Å². The van der Waals surface area contributed by atoms with Gasteiger partial charge in [0, 0.05) is 19.2 Å². The van der Waals surface area contributed by atoms with Gasteiger partial charge < -0.3 is 10.0 Å². The van der Waals surface area contributed by atoms with Crippen molar-refractivity contribution in [2.24, 2.45) is 0 Å². The minimum Gasteiger partial charge on any atom is -0.389 e. The molecule has 0 bridgehead atoms. The molecule has 0 aliphatic heterocycles. The first-order valence-corrected chi connectivity index (χ1v) is 5.25. The van der Waals surface area contributed by atoms with Crippen LogP contribution < -0.4 is 4.90 Å². The van der Waals surface area contributed by atoms with Crippen LogP contribution in [0.3, 0.4) is 0 Å². The molecule has 0 saturated carbocycles. The summed E-state index contributed by atoms with van der Waals surface area (Å²) < 4.78 is 13.7. The Morgan fingerprint density at radius 2 is 2.19 bits per heavy atom. The van der Waals surface area contributed by atoms with Crippen molar-refractivity contribution in [1.82, 2.24) is 0 Å². The molecule has 1 rings (SSSR count). The van der Waals surface area contributed by atoms with Gasteiger partial charge in [0.25, 0.3) is 0 Å². The molecule has 1 aromatic rings. The largest absolute Gasteiger partial charge is 0.389 e. The highest BCUT2D eigenvalue weighted by Gasteiger charge is 2.15. The Bertz CT molecular complexity index is 388. The summed E-state index contributed by atoms with van der Waals surface area (Å²) in [6.45, 7) is 7.89. The van der Waals surface area contributed by atoms with E-state index in [4.69, 9.17) is 0 Å². The molecule has 1 N–H and O–H groups in total. The Kier molecular flexibility index (Phi) is 4.07. The Hall–Kier alpha value is -1.35. The Morgan fingerprint density at radius 1 is 1.56 bits per heavy atom. The van der Waals surface area contributed by atoms with Gasteiger partial charge in [0.1, 0.15) is 5.82 Å². The first-order valence-electron chi connectivity index (χ1n) is 5.25. The van der Waals surface area contributed by atoms with Gasteiger partial charge in [-0.1, -0.05) is 24.3 Å². The molecule has 0 aliphatic rings. The van der Waals surface area contributed by atoms with Gasteiger partial charge >= 0.3 is 0 Å². The van der Waals surface area contributed by atoms with Crippen molar-refractivity contribution in [3.05, 3.63) is 41.7 Å². The van der Waals surface area contributed by atoms with Crippen molar-refractivity contribution >= 4 is 5.69 Å². The lowest BCUT2D eigenvalue weighted by atomic mass is 10.1. The molecule has 88 valence electrons. The summed E-state index contributed by atoms with van der Waals surface area (Å²) in [4.78, 5) is 1.76. The van der Waals surface area contributed by atoms with Crippen molar-refractivity contribution in [3.8, 4) is 0 Å². The molecule has 3 heteroatoms. The maximum atomic E-state index is 13.7. The summed E-state index contributed by atoms with van der Waals surface area (Å²) in [6, 6.07) is 4.74. The highest BCUT2D eigenvalue weighted by atomic mass is 19.1. The molecule has 0 aromatic heterocycles. The van der Waals surface area contributed by atoms with Crippen LogP contribution in [0.4, 0.5) is 10.1 Å². The van der Waals surface area contributed by atoms with E-state index in [0.717, 1.165) is 5.57 Å². The Balaban J connectivity index is 3.14. The molecule has 0 heterocycles. The van der Waals surface area contributed by atoms with Gasteiger partial charge in [-0.15, -0.1) is 0 Å². The van der Waals surface area contributed by atoms with Crippen LogP contribution in [0.25, 0.3) is 0 Å². The fourth-order valence-corrected chi connectivity index (χ4v) is 1.76. The zero-order valence-corrected chi connectivity index (χ0v) is 10.00. The second kappa shape index (κ2) is 5.12. The average molecular weight is 223 g/mol. The molecule has 0 unspecified atom stereocenters. The fourth-order valence-electron chi connectivity index (χ4n) is 1.76. The molecule has 2 nitrogen and oxygen atoms in total. The van der Waals surface area contributed by atoms with E-state index in [1.807, 2.05) is 6.92 Å². The fraction of sp³-hybridized carbons (Fsp3) is 0.385. The Labute approximate surface area is 96.0 Å². The number of hydrogen-bond donors (Lipinski definition) is 1. The van der Waals surface area contributed by atoms with Gasteiger partial charge in [0.2, 0.25) is 0 Å². The van der Waals surface area contributed by atoms with Crippen LogP contribution >= 0.6 is 0 Å². The molecular formula is C13H18FNO. The SMILES string of the molecule is C=C(C)CN(C)c1c(F)cccc1[C@H](C)O. The van der Waals surface area contributed by atoms with E-state index in [9.17, 15) is 9.50 Å². The zero-order valence-electron chi connectivity index (χ0n) is 10.00. The zero-order chi connectivity index (χ0) is 12.3. The predicted molar refractivity (Wildman–Crippen MR) is 65.1 cm³/mol. The molecule has 1 atom stereocenters. The van der Waals surface area contributed by atoms with Crippen LogP contribution in [0.5, 0.6) is 0 Å². The third-order valence-corrected chi connectivity index (χ3v) is 2.36. The standard InChI is InChI=1S/C13H18FNO/c1-9(2)8-15(4)13-11(10(3)16)6-5-7-12(13)14/h5-7,10,16H,1,8H2,2-4H3/t10-/m0/s1. The van der Waals surface area contributed by atoms with E-state index in [1.165, 1.54) is 6.07 Å². The summed E-state index contributed by atoms with van der Waals surface area (Å²) >= 11 is 0. The summed E-state index contributed by atoms with van der Waals surface area (Å²) in [7, 11) is 1.79. The van der Waals surface area contributed by atoms with Crippen LogP contribution in [-0.4, -0.2) is 18.7 Å². The number of para-hydroxylation sites is 1. The molecule has 1 aromatic carbocycles. The van der Waals surface area contributed by atoms with Crippen molar-refractivity contribution < 1.29 is 9.50 Å². The maximum absolute atomic E-state index is 13.7. The minimum absolute atomic E-state index is 0.317. The molecule has 16 heavy (non-hydrogen) atoms. The average Bonchev–Trinajstić information content (AvgIpc) is 2.15. The number of hydrogen-bond acceptors (Lipinski definition) is 2. The maximum Gasteiger partial charge on any atom is 0.146 e. The second-order valence-electron chi connectivity index (χ2n) is 4.17. The van der Waals surface area contributed by atoms with E-state index in [2.05, 4.69) is 6.58 Å². The van der Waals surface area contributed by atoms with Crippen molar-refractivity contribution in [2.75, 3.05) is 18.5 Å². The molecule has 0 radical (unpaired) electrons. The Morgan fingerprint density at radius 3 is 2.69 bits per heavy atom. The predicted octanol–water partition coefficient (Wildman–Crippen LogP) is 2.89. The molecule has 0 saturated heterocycles. The van der Waals surface area contributed by atoms with Crippen LogP contribution in [-0.2, 0) is 0 Å². The smallest absolute Gasteiger partial charge is 0.146 e. The number of anilines is 1. The quantitative estimate of drug-likeness (QED) is 0.793. The van der Waals surface area contributed by atoms with E-state index < -0.39 is 6.10 Å². The number of aliphatic hydroxyl groups is 1. The summed E-state index contributed by atoms with van der Waals surface area (Å²) in [5, 5.41) is 9.60. The topological polar surface area (TPSA) is 23.5 Å². The number of halogens is 1. The lowest BCUT2D eigenvalue weighted by Crippen LogP contribution is -2.22. The van der Waals surface area contributed by atoms with E-state index >= 15 is 0 Å². The number of benzene rings is 1. The van der Waals surface area contributed by atoms with Crippen molar-refractivity contribution in [1.29, 1.82) is 0 Å². The van der Waals surface area contributed by atoms with E-state index in [0.29, 0.717) is 17.8 Å². The van der Waals surface area contributed by atoms with Crippen molar-refractivity contribution in [2.45, 2.75) is 20.0 Å². The van der Waals surface area contributed by atoms with Crippen LogP contribution in [0.1, 0.15) is 25.5 Å².